The molecule has 1 aromatic rings. The molecule has 1 saturated heterocycles. The first-order valence-electron chi connectivity index (χ1n) is 7.59. The summed E-state index contributed by atoms with van der Waals surface area (Å²) in [6.07, 6.45) is 2.94. The number of methoxy groups -OCH3 is 1. The summed E-state index contributed by atoms with van der Waals surface area (Å²) >= 11 is 0. The summed E-state index contributed by atoms with van der Waals surface area (Å²) in [6, 6.07) is 6.34. The first-order valence-corrected chi connectivity index (χ1v) is 7.59. The van der Waals surface area contributed by atoms with Gasteiger partial charge in [0.15, 0.2) is 0 Å². The molecule has 3 heteroatoms. The third kappa shape index (κ3) is 2.45. The number of aliphatic hydroxyl groups excluding tert-OH is 1. The molecule has 1 fully saturated rings. The molecule has 1 aliphatic heterocycles. The summed E-state index contributed by atoms with van der Waals surface area (Å²) in [5.41, 5.74) is 2.72. The second kappa shape index (κ2) is 5.05. The lowest BCUT2D eigenvalue weighted by molar-refractivity contribution is 0.0440. The van der Waals surface area contributed by atoms with Crippen molar-refractivity contribution in [3.05, 3.63) is 29.3 Å². The minimum atomic E-state index is -0.362. The number of ether oxygens (including phenoxy) is 1. The summed E-state index contributed by atoms with van der Waals surface area (Å²) in [7, 11) is 1.69. The van der Waals surface area contributed by atoms with Crippen molar-refractivity contribution in [3.63, 3.8) is 0 Å². The van der Waals surface area contributed by atoms with Gasteiger partial charge in [-0.05, 0) is 54.5 Å². The highest BCUT2D eigenvalue weighted by Gasteiger charge is 2.38. The number of hydrogen-bond acceptors (Lipinski definition) is 3. The van der Waals surface area contributed by atoms with Gasteiger partial charge in [0.05, 0.1) is 13.2 Å². The Morgan fingerprint density at radius 1 is 1.35 bits per heavy atom. The summed E-state index contributed by atoms with van der Waals surface area (Å²) in [6.45, 7) is 6.85. The van der Waals surface area contributed by atoms with E-state index in [4.69, 9.17) is 4.74 Å². The highest BCUT2D eigenvalue weighted by molar-refractivity contribution is 5.39. The fourth-order valence-corrected chi connectivity index (χ4v) is 3.70. The second-order valence-corrected chi connectivity index (χ2v) is 7.00. The predicted octanol–water partition coefficient (Wildman–Crippen LogP) is 2.78. The molecule has 2 unspecified atom stereocenters. The molecule has 1 aliphatic carbocycles. The summed E-state index contributed by atoms with van der Waals surface area (Å²) in [4.78, 5) is 2.48. The van der Waals surface area contributed by atoms with Gasteiger partial charge in [-0.25, -0.2) is 0 Å². The molecule has 2 aliphatic rings. The fraction of sp³-hybridized carbons (Fsp3) is 0.647. The van der Waals surface area contributed by atoms with Crippen LogP contribution in [0.2, 0.25) is 0 Å². The molecule has 0 bridgehead atoms. The lowest BCUT2D eigenvalue weighted by Crippen LogP contribution is -2.41. The van der Waals surface area contributed by atoms with Crippen molar-refractivity contribution in [1.82, 2.24) is 4.90 Å². The van der Waals surface area contributed by atoms with Crippen molar-refractivity contribution in [2.45, 2.75) is 45.3 Å². The van der Waals surface area contributed by atoms with Crippen molar-refractivity contribution in [3.8, 4) is 5.75 Å². The largest absolute Gasteiger partial charge is 0.497 e. The van der Waals surface area contributed by atoms with Crippen molar-refractivity contribution < 1.29 is 9.84 Å². The Morgan fingerprint density at radius 2 is 2.15 bits per heavy atom. The van der Waals surface area contributed by atoms with Crippen LogP contribution in [0, 0.1) is 5.41 Å². The molecule has 0 amide bonds. The molecule has 0 spiro atoms. The molecule has 1 N–H and O–H groups in total. The minimum Gasteiger partial charge on any atom is -0.497 e. The van der Waals surface area contributed by atoms with E-state index in [0.29, 0.717) is 5.41 Å². The van der Waals surface area contributed by atoms with E-state index in [1.54, 1.807) is 7.11 Å². The third-order valence-electron chi connectivity index (χ3n) is 4.92. The van der Waals surface area contributed by atoms with Crippen LogP contribution in [-0.2, 0) is 6.42 Å². The van der Waals surface area contributed by atoms with Crippen LogP contribution in [0.3, 0.4) is 0 Å². The minimum absolute atomic E-state index is 0.276. The summed E-state index contributed by atoms with van der Waals surface area (Å²) < 4.78 is 5.28. The van der Waals surface area contributed by atoms with Gasteiger partial charge in [-0.1, -0.05) is 19.9 Å². The lowest BCUT2D eigenvalue weighted by atomic mass is 9.84. The number of hydrogen-bond donors (Lipinski definition) is 1. The van der Waals surface area contributed by atoms with Gasteiger partial charge in [-0.3, -0.25) is 4.90 Å². The molecule has 3 nitrogen and oxygen atoms in total. The number of fused-ring (bicyclic) bond motifs is 1. The Kier molecular flexibility index (Phi) is 3.51. The van der Waals surface area contributed by atoms with Gasteiger partial charge in [0.25, 0.3) is 0 Å². The van der Waals surface area contributed by atoms with Crippen LogP contribution in [0.15, 0.2) is 18.2 Å². The van der Waals surface area contributed by atoms with Crippen molar-refractivity contribution in [2.75, 3.05) is 20.2 Å². The number of benzene rings is 1. The van der Waals surface area contributed by atoms with Crippen LogP contribution in [-0.4, -0.2) is 36.2 Å². The zero-order valence-electron chi connectivity index (χ0n) is 12.7. The fourth-order valence-electron chi connectivity index (χ4n) is 3.70. The average Bonchev–Trinajstić information content (AvgIpc) is 2.79. The Morgan fingerprint density at radius 3 is 2.80 bits per heavy atom. The van der Waals surface area contributed by atoms with Crippen LogP contribution in [0.25, 0.3) is 0 Å². The van der Waals surface area contributed by atoms with E-state index in [-0.39, 0.29) is 12.1 Å². The average molecular weight is 275 g/mol. The first kappa shape index (κ1) is 13.9. The van der Waals surface area contributed by atoms with Gasteiger partial charge in [0.2, 0.25) is 0 Å². The van der Waals surface area contributed by atoms with Gasteiger partial charge in [-0.15, -0.1) is 0 Å². The Labute approximate surface area is 121 Å². The first-order chi connectivity index (χ1) is 9.50. The van der Waals surface area contributed by atoms with Crippen LogP contribution in [0.1, 0.15) is 43.9 Å². The Bertz CT molecular complexity index is 498. The van der Waals surface area contributed by atoms with E-state index in [0.717, 1.165) is 37.2 Å². The Balaban J connectivity index is 1.81. The van der Waals surface area contributed by atoms with Gasteiger partial charge < -0.3 is 9.84 Å². The van der Waals surface area contributed by atoms with E-state index in [2.05, 4.69) is 24.8 Å². The van der Waals surface area contributed by atoms with E-state index >= 15 is 0 Å². The van der Waals surface area contributed by atoms with Crippen LogP contribution in [0.4, 0.5) is 0 Å². The van der Waals surface area contributed by atoms with Crippen molar-refractivity contribution in [2.24, 2.45) is 5.41 Å². The predicted molar refractivity (Wildman–Crippen MR) is 80.0 cm³/mol. The molecule has 0 saturated carbocycles. The zero-order valence-corrected chi connectivity index (χ0v) is 12.7. The van der Waals surface area contributed by atoms with E-state index in [9.17, 15) is 5.11 Å². The lowest BCUT2D eigenvalue weighted by Gasteiger charge is -2.37. The molecule has 0 radical (unpaired) electrons. The topological polar surface area (TPSA) is 32.7 Å². The van der Waals surface area contributed by atoms with E-state index in [1.165, 1.54) is 12.0 Å². The van der Waals surface area contributed by atoms with Crippen LogP contribution >= 0.6 is 0 Å². The molecule has 1 heterocycles. The SMILES string of the molecule is COc1ccc2c(c1)CCC(N1CCC(C)(C)C1)C2O. The van der Waals surface area contributed by atoms with E-state index < -0.39 is 0 Å². The highest BCUT2D eigenvalue weighted by Crippen LogP contribution is 2.39. The van der Waals surface area contributed by atoms with Gasteiger partial charge in [0.1, 0.15) is 5.75 Å². The number of nitrogens with zero attached hydrogens (tertiary/aromatic N) is 1. The smallest absolute Gasteiger partial charge is 0.119 e. The maximum absolute atomic E-state index is 10.7. The summed E-state index contributed by atoms with van der Waals surface area (Å²) in [5.74, 6) is 0.886. The third-order valence-corrected chi connectivity index (χ3v) is 4.92. The standard InChI is InChI=1S/C17H25NO2/c1-17(2)8-9-18(11-17)15-7-4-12-10-13(20-3)5-6-14(12)16(15)19/h5-6,10,15-16,19H,4,7-9,11H2,1-3H3. The number of aryl methyl sites for hydroxylation is 1. The molecule has 2 atom stereocenters. The summed E-state index contributed by atoms with van der Waals surface area (Å²) in [5, 5.41) is 10.7. The molecular formula is C17H25NO2. The maximum Gasteiger partial charge on any atom is 0.119 e. The Hall–Kier alpha value is -1.06. The van der Waals surface area contributed by atoms with Crippen LogP contribution < -0.4 is 4.74 Å². The normalized spacial score (nSPS) is 29.2. The molecule has 20 heavy (non-hydrogen) atoms. The maximum atomic E-state index is 10.7. The molecular weight excluding hydrogens is 250 g/mol. The molecule has 0 aromatic heterocycles. The number of rotatable bonds is 2. The zero-order chi connectivity index (χ0) is 14.3. The van der Waals surface area contributed by atoms with Crippen LogP contribution in [0.5, 0.6) is 5.75 Å². The monoisotopic (exact) mass is 275 g/mol. The van der Waals surface area contributed by atoms with Crippen molar-refractivity contribution >= 4 is 0 Å². The van der Waals surface area contributed by atoms with Gasteiger partial charge in [-0.2, -0.15) is 0 Å². The van der Waals surface area contributed by atoms with Gasteiger partial charge in [0, 0.05) is 12.6 Å². The van der Waals surface area contributed by atoms with E-state index in [1.807, 2.05) is 12.1 Å². The van der Waals surface area contributed by atoms with Gasteiger partial charge >= 0.3 is 0 Å². The molecule has 1 aromatic carbocycles. The molecule has 110 valence electrons. The quantitative estimate of drug-likeness (QED) is 0.901. The number of likely N-dealkylation sites (tertiary alicyclic amines) is 1. The number of aliphatic hydroxyl groups is 1. The second-order valence-electron chi connectivity index (χ2n) is 7.00. The molecule has 3 rings (SSSR count). The van der Waals surface area contributed by atoms with Crippen molar-refractivity contribution in [1.29, 1.82) is 0 Å². The highest BCUT2D eigenvalue weighted by atomic mass is 16.5.